The van der Waals surface area contributed by atoms with Crippen LogP contribution in [0.1, 0.15) is 0 Å². The van der Waals surface area contributed by atoms with Crippen molar-refractivity contribution in [1.82, 2.24) is 9.97 Å². The highest BCUT2D eigenvalue weighted by Crippen LogP contribution is 2.10. The molecule has 0 bridgehead atoms. The van der Waals surface area contributed by atoms with Crippen LogP contribution >= 0.6 is 0 Å². The van der Waals surface area contributed by atoms with Crippen molar-refractivity contribution in [3.63, 3.8) is 0 Å². The summed E-state index contributed by atoms with van der Waals surface area (Å²) in [6.45, 7) is -0.197. The van der Waals surface area contributed by atoms with Crippen LogP contribution in [0.2, 0.25) is 0 Å². The van der Waals surface area contributed by atoms with Crippen LogP contribution in [0.25, 0.3) is 0 Å². The summed E-state index contributed by atoms with van der Waals surface area (Å²) in [4.78, 5) is 17.5. The maximum absolute atomic E-state index is 10.1. The van der Waals surface area contributed by atoms with E-state index >= 15 is 0 Å². The fourth-order valence-electron chi connectivity index (χ4n) is 0.646. The lowest BCUT2D eigenvalue weighted by atomic mass is 10.4. The maximum atomic E-state index is 10.1. The Labute approximate surface area is 68.4 Å². The Kier molecular flexibility index (Phi) is 2.42. The van der Waals surface area contributed by atoms with Gasteiger partial charge in [0.2, 0.25) is 0 Å². The van der Waals surface area contributed by atoms with Crippen LogP contribution in [0.3, 0.4) is 0 Å². The van der Waals surface area contributed by atoms with Gasteiger partial charge in [-0.2, -0.15) is 0 Å². The summed E-state index contributed by atoms with van der Waals surface area (Å²) in [7, 11) is 0. The highest BCUT2D eigenvalue weighted by Gasteiger charge is 2.00. The van der Waals surface area contributed by atoms with Crippen LogP contribution in [0.5, 0.6) is 0 Å². The monoisotopic (exact) mass is 168 g/mol. The van der Waals surface area contributed by atoms with Gasteiger partial charge in [0.15, 0.2) is 0 Å². The molecule has 12 heavy (non-hydrogen) atoms. The Balaban J connectivity index is 2.63. The second-order valence-electron chi connectivity index (χ2n) is 2.07. The number of anilines is 2. The van der Waals surface area contributed by atoms with Gasteiger partial charge in [-0.25, -0.2) is 9.97 Å². The highest BCUT2D eigenvalue weighted by molar-refractivity contribution is 5.74. The van der Waals surface area contributed by atoms with E-state index < -0.39 is 5.97 Å². The normalized spacial score (nSPS) is 9.33. The number of aliphatic carboxylic acids is 1. The molecule has 0 fully saturated rings. The van der Waals surface area contributed by atoms with Crippen LogP contribution in [-0.2, 0) is 4.79 Å². The van der Waals surface area contributed by atoms with Gasteiger partial charge in [-0.1, -0.05) is 0 Å². The third-order valence-corrected chi connectivity index (χ3v) is 1.17. The zero-order valence-corrected chi connectivity index (χ0v) is 6.19. The maximum Gasteiger partial charge on any atom is 0.322 e. The van der Waals surface area contributed by atoms with E-state index in [4.69, 9.17) is 10.8 Å². The number of nitrogens with two attached hydrogens (primary N) is 1. The summed E-state index contributed by atoms with van der Waals surface area (Å²) in [6, 6.07) is 0. The average Bonchev–Trinajstić information content (AvgIpc) is 2.03. The van der Waals surface area contributed by atoms with E-state index in [9.17, 15) is 4.79 Å². The Bertz CT molecular complexity index is 289. The second kappa shape index (κ2) is 3.51. The molecule has 0 aliphatic rings. The summed E-state index contributed by atoms with van der Waals surface area (Å²) in [5, 5.41) is 10.9. The summed E-state index contributed by atoms with van der Waals surface area (Å²) < 4.78 is 0. The number of nitrogens with one attached hydrogen (secondary N) is 1. The van der Waals surface area contributed by atoms with Gasteiger partial charge in [0.25, 0.3) is 0 Å². The van der Waals surface area contributed by atoms with Gasteiger partial charge in [-0.05, 0) is 0 Å². The van der Waals surface area contributed by atoms with Crippen LogP contribution in [-0.4, -0.2) is 27.6 Å². The number of carboxylic acids is 1. The molecule has 1 rings (SSSR count). The number of rotatable bonds is 3. The van der Waals surface area contributed by atoms with Gasteiger partial charge in [0.05, 0.1) is 11.9 Å². The Morgan fingerprint density at radius 3 is 3.08 bits per heavy atom. The molecule has 1 aromatic rings. The van der Waals surface area contributed by atoms with Crippen molar-refractivity contribution in [3.05, 3.63) is 12.5 Å². The third kappa shape index (κ3) is 2.08. The first-order valence-corrected chi connectivity index (χ1v) is 3.21. The first-order chi connectivity index (χ1) is 5.70. The second-order valence-corrected chi connectivity index (χ2v) is 2.07. The van der Waals surface area contributed by atoms with Crippen molar-refractivity contribution >= 4 is 17.5 Å². The molecule has 0 amide bonds. The molecule has 1 aromatic heterocycles. The highest BCUT2D eigenvalue weighted by atomic mass is 16.4. The molecular formula is C6H8N4O2. The van der Waals surface area contributed by atoms with Crippen LogP contribution in [0, 0.1) is 0 Å². The Morgan fingerprint density at radius 2 is 2.50 bits per heavy atom. The number of nitrogen functional groups attached to an aromatic ring is 1. The van der Waals surface area contributed by atoms with E-state index in [2.05, 4.69) is 15.3 Å². The van der Waals surface area contributed by atoms with Crippen molar-refractivity contribution in [1.29, 1.82) is 0 Å². The van der Waals surface area contributed by atoms with Gasteiger partial charge in [0.1, 0.15) is 18.7 Å². The molecule has 0 unspecified atom stereocenters. The van der Waals surface area contributed by atoms with E-state index in [1.807, 2.05) is 0 Å². The Morgan fingerprint density at radius 1 is 1.75 bits per heavy atom. The third-order valence-electron chi connectivity index (χ3n) is 1.17. The molecule has 0 spiro atoms. The number of hydrogen-bond acceptors (Lipinski definition) is 5. The van der Waals surface area contributed by atoms with E-state index in [0.717, 1.165) is 0 Å². The molecule has 0 aromatic carbocycles. The van der Waals surface area contributed by atoms with Crippen LogP contribution in [0.4, 0.5) is 11.5 Å². The minimum absolute atomic E-state index is 0.197. The van der Waals surface area contributed by atoms with Gasteiger partial charge in [0, 0.05) is 0 Å². The number of hydrogen-bond donors (Lipinski definition) is 3. The molecule has 4 N–H and O–H groups in total. The van der Waals surface area contributed by atoms with Gasteiger partial charge in [-0.15, -0.1) is 0 Å². The lowest BCUT2D eigenvalue weighted by Crippen LogP contribution is -2.13. The molecular weight excluding hydrogens is 160 g/mol. The summed E-state index contributed by atoms with van der Waals surface area (Å²) in [5.74, 6) is -0.718. The predicted octanol–water partition coefficient (Wildman–Crippen LogP) is -0.445. The molecule has 0 saturated carbocycles. The van der Waals surface area contributed by atoms with E-state index in [1.165, 1.54) is 12.5 Å². The van der Waals surface area contributed by atoms with E-state index in [0.29, 0.717) is 5.69 Å². The van der Waals surface area contributed by atoms with Crippen molar-refractivity contribution < 1.29 is 9.90 Å². The molecule has 0 aliphatic carbocycles. The summed E-state index contributed by atoms with van der Waals surface area (Å²) in [5.41, 5.74) is 5.83. The first-order valence-electron chi connectivity index (χ1n) is 3.21. The number of nitrogens with zero attached hydrogens (tertiary/aromatic N) is 2. The smallest absolute Gasteiger partial charge is 0.322 e. The Hall–Kier alpha value is -1.85. The number of carboxylic acid groups (broad SMARTS) is 1. The molecule has 64 valence electrons. The van der Waals surface area contributed by atoms with Crippen LogP contribution in [0.15, 0.2) is 12.5 Å². The average molecular weight is 168 g/mol. The number of aromatic nitrogens is 2. The predicted molar refractivity (Wildman–Crippen MR) is 42.6 cm³/mol. The van der Waals surface area contributed by atoms with Gasteiger partial charge >= 0.3 is 5.97 Å². The zero-order chi connectivity index (χ0) is 8.97. The summed E-state index contributed by atoms with van der Waals surface area (Å²) >= 11 is 0. The van der Waals surface area contributed by atoms with E-state index in [1.54, 1.807) is 0 Å². The lowest BCUT2D eigenvalue weighted by Gasteiger charge is -2.03. The van der Waals surface area contributed by atoms with Crippen LogP contribution < -0.4 is 11.1 Å². The molecule has 1 heterocycles. The van der Waals surface area contributed by atoms with Gasteiger partial charge in [-0.3, -0.25) is 4.79 Å². The van der Waals surface area contributed by atoms with Gasteiger partial charge < -0.3 is 16.2 Å². The molecule has 0 aliphatic heterocycles. The quantitative estimate of drug-likeness (QED) is 0.565. The minimum atomic E-state index is -0.960. The van der Waals surface area contributed by atoms with E-state index in [-0.39, 0.29) is 12.4 Å². The summed E-state index contributed by atoms with van der Waals surface area (Å²) in [6.07, 6.45) is 2.71. The fraction of sp³-hybridized carbons (Fsp3) is 0.167. The molecule has 0 saturated heterocycles. The lowest BCUT2D eigenvalue weighted by molar-refractivity contribution is -0.134. The molecule has 6 heteroatoms. The SMILES string of the molecule is Nc1ncncc1NCC(=O)O. The first kappa shape index (κ1) is 8.25. The molecule has 0 atom stereocenters. The van der Waals surface area contributed by atoms with Crippen molar-refractivity contribution in [2.24, 2.45) is 0 Å². The minimum Gasteiger partial charge on any atom is -0.480 e. The van der Waals surface area contributed by atoms with Crippen molar-refractivity contribution in [3.8, 4) is 0 Å². The largest absolute Gasteiger partial charge is 0.480 e. The standard InChI is InChI=1S/C6H8N4O2/c7-6-4(1-8-3-10-6)9-2-5(11)12/h1,3,9H,2H2,(H,11,12)(H2,7,8,10). The zero-order valence-electron chi connectivity index (χ0n) is 6.19. The molecule has 6 nitrogen and oxygen atoms in total. The van der Waals surface area contributed by atoms with Crippen molar-refractivity contribution in [2.75, 3.05) is 17.6 Å². The topological polar surface area (TPSA) is 101 Å². The number of carbonyl (C=O) groups is 1. The molecule has 0 radical (unpaired) electrons. The van der Waals surface area contributed by atoms with Crippen molar-refractivity contribution in [2.45, 2.75) is 0 Å². The fourth-order valence-corrected chi connectivity index (χ4v) is 0.646.